The van der Waals surface area contributed by atoms with E-state index in [9.17, 15) is 4.79 Å². The van der Waals surface area contributed by atoms with Gasteiger partial charge >= 0.3 is 5.97 Å². The predicted octanol–water partition coefficient (Wildman–Crippen LogP) is -0.176. The molecule has 14 heavy (non-hydrogen) atoms. The number of aryl methyl sites for hydroxylation is 1. The van der Waals surface area contributed by atoms with Gasteiger partial charge in [-0.3, -0.25) is 9.48 Å². The van der Waals surface area contributed by atoms with Gasteiger partial charge in [0.05, 0.1) is 12.6 Å². The molecule has 78 valence electrons. The monoisotopic (exact) mass is 216 g/mol. The summed E-state index contributed by atoms with van der Waals surface area (Å²) in [5, 5.41) is 4.00. The van der Waals surface area contributed by atoms with Gasteiger partial charge < -0.3 is 4.84 Å². The molecule has 0 radical (unpaired) electrons. The number of hydrazine groups is 1. The van der Waals surface area contributed by atoms with E-state index in [0.29, 0.717) is 12.2 Å². The van der Waals surface area contributed by atoms with Crippen LogP contribution in [0.5, 0.6) is 0 Å². The summed E-state index contributed by atoms with van der Waals surface area (Å²) in [7, 11) is 1.84. The van der Waals surface area contributed by atoms with E-state index < -0.39 is 0 Å². The van der Waals surface area contributed by atoms with Gasteiger partial charge in [0.1, 0.15) is 0 Å². The number of hydrogen-bond acceptors (Lipinski definition) is 6. The molecule has 7 heteroatoms. The third kappa shape index (κ3) is 3.77. The maximum absolute atomic E-state index is 10.8. The third-order valence-corrected chi connectivity index (χ3v) is 2.38. The zero-order chi connectivity index (χ0) is 10.4. The maximum Gasteiger partial charge on any atom is 0.327 e. The Kier molecular flexibility index (Phi) is 4.44. The van der Waals surface area contributed by atoms with Gasteiger partial charge in [0.15, 0.2) is 0 Å². The molecule has 0 bridgehead atoms. The number of carbonyl (C=O) groups is 1. The summed E-state index contributed by atoms with van der Waals surface area (Å²) in [6.07, 6.45) is 3.94. The molecule has 0 aliphatic carbocycles. The molecule has 0 saturated carbocycles. The first-order valence-corrected chi connectivity index (χ1v) is 4.97. The van der Waals surface area contributed by atoms with Gasteiger partial charge in [0, 0.05) is 23.9 Å². The highest BCUT2D eigenvalue weighted by Crippen LogP contribution is 2.16. The molecule has 0 saturated heterocycles. The van der Waals surface area contributed by atoms with E-state index in [2.05, 4.69) is 9.94 Å². The molecule has 0 atom stereocenters. The first-order valence-electron chi connectivity index (χ1n) is 3.99. The van der Waals surface area contributed by atoms with Gasteiger partial charge in [0.2, 0.25) is 0 Å². The Morgan fingerprint density at radius 3 is 3.21 bits per heavy atom. The Labute approximate surface area is 85.7 Å². The second kappa shape index (κ2) is 5.63. The second-order valence-corrected chi connectivity index (χ2v) is 3.71. The summed E-state index contributed by atoms with van der Waals surface area (Å²) in [4.78, 5) is 16.2. The highest BCUT2D eigenvalue weighted by molar-refractivity contribution is 7.99. The van der Waals surface area contributed by atoms with Crippen LogP contribution < -0.4 is 11.4 Å². The highest BCUT2D eigenvalue weighted by atomic mass is 32.2. The highest BCUT2D eigenvalue weighted by Gasteiger charge is 2.03. The van der Waals surface area contributed by atoms with Crippen molar-refractivity contribution in [2.75, 3.05) is 5.75 Å². The first kappa shape index (κ1) is 11.0. The molecular weight excluding hydrogens is 204 g/mol. The van der Waals surface area contributed by atoms with Gasteiger partial charge in [-0.2, -0.15) is 5.10 Å². The van der Waals surface area contributed by atoms with Crippen LogP contribution in [0.2, 0.25) is 0 Å². The summed E-state index contributed by atoms with van der Waals surface area (Å²) in [5.41, 5.74) is 1.84. The van der Waals surface area contributed by atoms with E-state index in [4.69, 9.17) is 5.84 Å². The fourth-order valence-electron chi connectivity index (χ4n) is 0.842. The van der Waals surface area contributed by atoms with E-state index in [1.54, 1.807) is 22.6 Å². The summed E-state index contributed by atoms with van der Waals surface area (Å²) < 4.78 is 1.71. The normalized spacial score (nSPS) is 10.1. The number of nitrogens with one attached hydrogen (secondary N) is 1. The molecule has 3 N–H and O–H groups in total. The summed E-state index contributed by atoms with van der Waals surface area (Å²) >= 11 is 1.54. The Balaban J connectivity index is 2.18. The molecule has 0 fully saturated rings. The fraction of sp³-hybridized carbons (Fsp3) is 0.429. The smallest absolute Gasteiger partial charge is 0.327 e. The van der Waals surface area contributed by atoms with Gasteiger partial charge in [-0.05, 0) is 0 Å². The lowest BCUT2D eigenvalue weighted by Crippen LogP contribution is -2.26. The Bertz CT molecular complexity index is 302. The number of nitrogens with zero attached hydrogens (tertiary/aromatic N) is 2. The van der Waals surface area contributed by atoms with Gasteiger partial charge in [-0.25, -0.2) is 5.84 Å². The van der Waals surface area contributed by atoms with Crippen molar-refractivity contribution in [1.29, 1.82) is 0 Å². The van der Waals surface area contributed by atoms with Crippen LogP contribution in [0, 0.1) is 0 Å². The Morgan fingerprint density at radius 2 is 2.64 bits per heavy atom. The number of aromatic nitrogens is 2. The number of hydrogen-bond donors (Lipinski definition) is 2. The molecule has 1 aromatic heterocycles. The average Bonchev–Trinajstić information content (AvgIpc) is 2.52. The van der Waals surface area contributed by atoms with Crippen LogP contribution in [0.3, 0.4) is 0 Å². The lowest BCUT2D eigenvalue weighted by molar-refractivity contribution is -0.150. The van der Waals surface area contributed by atoms with Gasteiger partial charge in [-0.1, -0.05) is 5.59 Å². The maximum atomic E-state index is 10.8. The zero-order valence-electron chi connectivity index (χ0n) is 7.77. The lowest BCUT2D eigenvalue weighted by Gasteiger charge is -1.99. The second-order valence-electron chi connectivity index (χ2n) is 2.54. The van der Waals surface area contributed by atoms with Crippen LogP contribution >= 0.6 is 11.8 Å². The number of carbonyl (C=O) groups excluding carboxylic acids is 1. The standard InChI is InChI=1S/C7H12N4O2S/c1-11-5-6(4-9-11)14-3-2-7(12)13-10-8/h4-5,10H,2-3,8H2,1H3. The van der Waals surface area contributed by atoms with Crippen molar-refractivity contribution in [3.8, 4) is 0 Å². The van der Waals surface area contributed by atoms with E-state index in [1.807, 2.05) is 18.8 Å². The van der Waals surface area contributed by atoms with E-state index in [1.165, 1.54) is 0 Å². The van der Waals surface area contributed by atoms with E-state index in [-0.39, 0.29) is 5.97 Å². The van der Waals surface area contributed by atoms with Crippen molar-refractivity contribution >= 4 is 17.7 Å². The van der Waals surface area contributed by atoms with Crippen LogP contribution in [0.4, 0.5) is 0 Å². The molecule has 6 nitrogen and oxygen atoms in total. The Morgan fingerprint density at radius 1 is 1.86 bits per heavy atom. The first-order chi connectivity index (χ1) is 6.72. The van der Waals surface area contributed by atoms with Crippen LogP contribution in [0.25, 0.3) is 0 Å². The summed E-state index contributed by atoms with van der Waals surface area (Å²) in [5.74, 6) is 5.08. The van der Waals surface area contributed by atoms with Crippen LogP contribution in [0.1, 0.15) is 6.42 Å². The molecule has 0 amide bonds. The van der Waals surface area contributed by atoms with Crippen LogP contribution in [-0.2, 0) is 16.7 Å². The minimum absolute atomic E-state index is 0.309. The van der Waals surface area contributed by atoms with Crippen molar-refractivity contribution in [2.24, 2.45) is 12.9 Å². The molecule has 0 aliphatic rings. The van der Waals surface area contributed by atoms with Crippen molar-refractivity contribution in [3.05, 3.63) is 12.4 Å². The van der Waals surface area contributed by atoms with Crippen molar-refractivity contribution in [1.82, 2.24) is 15.4 Å². The molecule has 0 unspecified atom stereocenters. The fourth-order valence-corrected chi connectivity index (χ4v) is 1.70. The van der Waals surface area contributed by atoms with E-state index >= 15 is 0 Å². The minimum Gasteiger partial charge on any atom is -0.356 e. The average molecular weight is 216 g/mol. The number of rotatable bonds is 5. The molecule has 0 spiro atoms. The molecule has 0 aliphatic heterocycles. The summed E-state index contributed by atoms with van der Waals surface area (Å²) in [6, 6.07) is 0. The molecule has 1 rings (SSSR count). The van der Waals surface area contributed by atoms with Crippen LogP contribution in [-0.4, -0.2) is 21.5 Å². The molecule has 0 aromatic carbocycles. The van der Waals surface area contributed by atoms with E-state index in [0.717, 1.165) is 4.90 Å². The topological polar surface area (TPSA) is 82.2 Å². The SMILES string of the molecule is Cn1cc(SCCC(=O)ONN)cn1. The number of thioether (sulfide) groups is 1. The largest absolute Gasteiger partial charge is 0.356 e. The quantitative estimate of drug-likeness (QED) is 0.404. The molecule has 1 heterocycles. The van der Waals surface area contributed by atoms with Crippen LogP contribution in [0.15, 0.2) is 17.3 Å². The summed E-state index contributed by atoms with van der Waals surface area (Å²) in [6.45, 7) is 0. The zero-order valence-corrected chi connectivity index (χ0v) is 8.58. The van der Waals surface area contributed by atoms with Crippen molar-refractivity contribution in [2.45, 2.75) is 11.3 Å². The van der Waals surface area contributed by atoms with Gasteiger partial charge in [0.25, 0.3) is 0 Å². The molecular formula is C7H12N4O2S. The third-order valence-electron chi connectivity index (χ3n) is 1.43. The lowest BCUT2D eigenvalue weighted by atomic mass is 10.5. The Hall–Kier alpha value is -1.05. The molecule has 1 aromatic rings. The predicted molar refractivity (Wildman–Crippen MR) is 52.0 cm³/mol. The van der Waals surface area contributed by atoms with Crippen molar-refractivity contribution in [3.63, 3.8) is 0 Å². The number of nitrogens with two attached hydrogens (primary N) is 1. The van der Waals surface area contributed by atoms with Crippen molar-refractivity contribution < 1.29 is 9.63 Å². The van der Waals surface area contributed by atoms with Gasteiger partial charge in [-0.15, -0.1) is 11.8 Å². The minimum atomic E-state index is -0.371.